The molecule has 0 bridgehead atoms. The van der Waals surface area contributed by atoms with Crippen LogP contribution in [0.4, 0.5) is 18.9 Å². The van der Waals surface area contributed by atoms with E-state index in [2.05, 4.69) is 0 Å². The van der Waals surface area contributed by atoms with Crippen LogP contribution in [0.15, 0.2) is 30.3 Å². The minimum atomic E-state index is -4.37. The van der Waals surface area contributed by atoms with Gasteiger partial charge in [0.1, 0.15) is 0 Å². The second-order valence-corrected chi connectivity index (χ2v) is 4.22. The van der Waals surface area contributed by atoms with Crippen LogP contribution in [0.3, 0.4) is 0 Å². The van der Waals surface area contributed by atoms with E-state index in [0.717, 1.165) is 23.5 Å². The molecular formula is C13H13F3N2. The van der Waals surface area contributed by atoms with Gasteiger partial charge in [-0.15, -0.1) is 0 Å². The third-order valence-electron chi connectivity index (χ3n) is 2.87. The molecule has 0 saturated heterocycles. The van der Waals surface area contributed by atoms with Gasteiger partial charge in [-0.1, -0.05) is 0 Å². The molecule has 0 aliphatic carbocycles. The van der Waals surface area contributed by atoms with Gasteiger partial charge in [0.05, 0.1) is 16.9 Å². The summed E-state index contributed by atoms with van der Waals surface area (Å²) in [4.78, 5) is 0. The van der Waals surface area contributed by atoms with E-state index < -0.39 is 11.7 Å². The van der Waals surface area contributed by atoms with Gasteiger partial charge in [-0.3, -0.25) is 0 Å². The molecule has 0 unspecified atom stereocenters. The van der Waals surface area contributed by atoms with Crippen LogP contribution in [0.2, 0.25) is 0 Å². The number of anilines is 1. The highest BCUT2D eigenvalue weighted by Gasteiger charge is 2.30. The summed E-state index contributed by atoms with van der Waals surface area (Å²) in [6, 6.07) is 7.20. The standard InChI is InChI=1S/C13H13F3N2/c1-8-3-4-9(2)18(8)12-6-5-10(7-11(12)17)13(14,15)16/h3-7H,17H2,1-2H3. The molecule has 0 amide bonds. The predicted molar refractivity (Wildman–Crippen MR) is 64.7 cm³/mol. The largest absolute Gasteiger partial charge is 0.416 e. The average Bonchev–Trinajstić information content (AvgIpc) is 2.58. The van der Waals surface area contributed by atoms with Gasteiger partial charge in [0, 0.05) is 11.4 Å². The van der Waals surface area contributed by atoms with Crippen LogP contribution in [0.1, 0.15) is 17.0 Å². The van der Waals surface area contributed by atoms with Crippen molar-refractivity contribution in [2.24, 2.45) is 0 Å². The minimum Gasteiger partial charge on any atom is -0.397 e. The summed E-state index contributed by atoms with van der Waals surface area (Å²) in [5, 5.41) is 0. The van der Waals surface area contributed by atoms with Crippen molar-refractivity contribution in [1.82, 2.24) is 4.57 Å². The van der Waals surface area contributed by atoms with Crippen LogP contribution >= 0.6 is 0 Å². The Kier molecular flexibility index (Phi) is 2.84. The molecule has 0 saturated carbocycles. The highest BCUT2D eigenvalue weighted by molar-refractivity contribution is 5.61. The Morgan fingerprint density at radius 2 is 1.56 bits per heavy atom. The van der Waals surface area contributed by atoms with E-state index in [1.807, 2.05) is 30.5 Å². The summed E-state index contributed by atoms with van der Waals surface area (Å²) in [7, 11) is 0. The normalized spacial score (nSPS) is 11.8. The maximum Gasteiger partial charge on any atom is 0.416 e. The summed E-state index contributed by atoms with van der Waals surface area (Å²) in [6.45, 7) is 3.76. The van der Waals surface area contributed by atoms with Gasteiger partial charge in [-0.25, -0.2) is 0 Å². The molecule has 96 valence electrons. The molecule has 2 nitrogen and oxygen atoms in total. The zero-order valence-electron chi connectivity index (χ0n) is 10.0. The Hall–Kier alpha value is -1.91. The molecule has 2 aromatic rings. The highest BCUT2D eigenvalue weighted by Crippen LogP contribution is 2.33. The molecule has 0 spiro atoms. The van der Waals surface area contributed by atoms with Crippen molar-refractivity contribution < 1.29 is 13.2 Å². The van der Waals surface area contributed by atoms with E-state index in [1.165, 1.54) is 6.07 Å². The fraction of sp³-hybridized carbons (Fsp3) is 0.231. The van der Waals surface area contributed by atoms with Gasteiger partial charge in [-0.2, -0.15) is 13.2 Å². The Morgan fingerprint density at radius 1 is 1.00 bits per heavy atom. The average molecular weight is 254 g/mol. The van der Waals surface area contributed by atoms with Crippen LogP contribution in [0.25, 0.3) is 5.69 Å². The van der Waals surface area contributed by atoms with E-state index in [9.17, 15) is 13.2 Å². The molecule has 0 aliphatic rings. The van der Waals surface area contributed by atoms with Crippen molar-refractivity contribution in [2.45, 2.75) is 20.0 Å². The maximum absolute atomic E-state index is 12.5. The fourth-order valence-corrected chi connectivity index (χ4v) is 1.98. The van der Waals surface area contributed by atoms with Crippen molar-refractivity contribution in [3.05, 3.63) is 47.3 Å². The van der Waals surface area contributed by atoms with Gasteiger partial charge in [0.2, 0.25) is 0 Å². The second kappa shape index (κ2) is 4.08. The van der Waals surface area contributed by atoms with Crippen molar-refractivity contribution in [3.8, 4) is 5.69 Å². The zero-order valence-corrected chi connectivity index (χ0v) is 10.0. The summed E-state index contributed by atoms with van der Waals surface area (Å²) >= 11 is 0. The number of hydrogen-bond donors (Lipinski definition) is 1. The number of nitrogen functional groups attached to an aromatic ring is 1. The lowest BCUT2D eigenvalue weighted by atomic mass is 10.1. The van der Waals surface area contributed by atoms with Crippen LogP contribution in [-0.2, 0) is 6.18 Å². The second-order valence-electron chi connectivity index (χ2n) is 4.22. The van der Waals surface area contributed by atoms with Crippen LogP contribution in [0, 0.1) is 13.8 Å². The first-order valence-electron chi connectivity index (χ1n) is 5.43. The van der Waals surface area contributed by atoms with Crippen molar-refractivity contribution in [3.63, 3.8) is 0 Å². The molecule has 0 fully saturated rings. The molecule has 0 aliphatic heterocycles. The van der Waals surface area contributed by atoms with E-state index in [0.29, 0.717) is 5.69 Å². The Morgan fingerprint density at radius 3 is 2.00 bits per heavy atom. The Bertz CT molecular complexity index is 563. The molecule has 0 radical (unpaired) electrons. The molecule has 1 heterocycles. The molecule has 0 atom stereocenters. The molecule has 5 heteroatoms. The molecular weight excluding hydrogens is 241 g/mol. The number of aryl methyl sites for hydroxylation is 2. The maximum atomic E-state index is 12.5. The summed E-state index contributed by atoms with van der Waals surface area (Å²) in [5.41, 5.74) is 7.55. The van der Waals surface area contributed by atoms with Crippen LogP contribution in [0.5, 0.6) is 0 Å². The first-order valence-corrected chi connectivity index (χ1v) is 5.43. The third-order valence-corrected chi connectivity index (χ3v) is 2.87. The summed E-state index contributed by atoms with van der Waals surface area (Å²) in [6.07, 6.45) is -4.37. The molecule has 2 rings (SSSR count). The number of nitrogens with two attached hydrogens (primary N) is 1. The van der Waals surface area contributed by atoms with E-state index in [1.54, 1.807) is 0 Å². The number of alkyl halides is 3. The Balaban J connectivity index is 2.55. The first kappa shape index (κ1) is 12.5. The fourth-order valence-electron chi connectivity index (χ4n) is 1.98. The number of nitrogens with zero attached hydrogens (tertiary/aromatic N) is 1. The van der Waals surface area contributed by atoms with Gasteiger partial charge in [-0.05, 0) is 44.2 Å². The Labute approximate surface area is 103 Å². The molecule has 18 heavy (non-hydrogen) atoms. The number of halogens is 3. The highest BCUT2D eigenvalue weighted by atomic mass is 19.4. The van der Waals surface area contributed by atoms with Gasteiger partial charge >= 0.3 is 6.18 Å². The minimum absolute atomic E-state index is 0.118. The van der Waals surface area contributed by atoms with Crippen molar-refractivity contribution >= 4 is 5.69 Å². The third kappa shape index (κ3) is 2.08. The number of benzene rings is 1. The topological polar surface area (TPSA) is 30.9 Å². The zero-order chi connectivity index (χ0) is 13.5. The van der Waals surface area contributed by atoms with Crippen molar-refractivity contribution in [1.29, 1.82) is 0 Å². The smallest absolute Gasteiger partial charge is 0.397 e. The van der Waals surface area contributed by atoms with E-state index in [4.69, 9.17) is 5.73 Å². The number of rotatable bonds is 1. The molecule has 2 N–H and O–H groups in total. The van der Waals surface area contributed by atoms with E-state index in [-0.39, 0.29) is 5.69 Å². The summed E-state index contributed by atoms with van der Waals surface area (Å²) < 4.78 is 39.4. The predicted octanol–water partition coefficient (Wildman–Crippen LogP) is 3.70. The van der Waals surface area contributed by atoms with Crippen LogP contribution in [-0.4, -0.2) is 4.57 Å². The van der Waals surface area contributed by atoms with Gasteiger partial charge < -0.3 is 10.3 Å². The van der Waals surface area contributed by atoms with Crippen molar-refractivity contribution in [2.75, 3.05) is 5.73 Å². The van der Waals surface area contributed by atoms with Crippen LogP contribution < -0.4 is 5.73 Å². The molecule has 1 aromatic heterocycles. The monoisotopic (exact) mass is 254 g/mol. The SMILES string of the molecule is Cc1ccc(C)n1-c1ccc(C(F)(F)F)cc1N. The molecule has 1 aromatic carbocycles. The number of hydrogen-bond acceptors (Lipinski definition) is 1. The lowest BCUT2D eigenvalue weighted by Gasteiger charge is -2.14. The van der Waals surface area contributed by atoms with E-state index >= 15 is 0 Å². The number of aromatic nitrogens is 1. The quantitative estimate of drug-likeness (QED) is 0.773. The summed E-state index contributed by atoms with van der Waals surface area (Å²) in [5.74, 6) is 0. The lowest BCUT2D eigenvalue weighted by Crippen LogP contribution is -2.08. The first-order chi connectivity index (χ1) is 8.30. The van der Waals surface area contributed by atoms with Gasteiger partial charge in [0.25, 0.3) is 0 Å². The van der Waals surface area contributed by atoms with Gasteiger partial charge in [0.15, 0.2) is 0 Å². The lowest BCUT2D eigenvalue weighted by molar-refractivity contribution is -0.137.